The second-order valence-electron chi connectivity index (χ2n) is 4.29. The first kappa shape index (κ1) is 14.0. The molecule has 0 saturated carbocycles. The lowest BCUT2D eigenvalue weighted by molar-refractivity contribution is 0.209. The zero-order valence-electron chi connectivity index (χ0n) is 10.7. The largest absolute Gasteiger partial charge is 0.496 e. The van der Waals surface area contributed by atoms with Crippen molar-refractivity contribution in [1.29, 1.82) is 0 Å². The quantitative estimate of drug-likeness (QED) is 0.925. The third-order valence-corrected chi connectivity index (χ3v) is 3.57. The van der Waals surface area contributed by atoms with Crippen LogP contribution in [0.4, 0.5) is 4.39 Å². The first-order valence-electron chi connectivity index (χ1n) is 5.81. The van der Waals surface area contributed by atoms with Crippen LogP contribution < -0.4 is 4.74 Å². The molecule has 0 fully saturated rings. The third-order valence-electron chi connectivity index (χ3n) is 2.96. The molecule has 1 N–H and O–H groups in total. The van der Waals surface area contributed by atoms with E-state index in [4.69, 9.17) is 4.74 Å². The number of aliphatic hydroxyl groups excluding tert-OH is 1. The minimum Gasteiger partial charge on any atom is -0.496 e. The number of rotatable bonds is 3. The summed E-state index contributed by atoms with van der Waals surface area (Å²) in [5.74, 6) is 0.0797. The monoisotopic (exact) mass is 324 g/mol. The molecule has 0 bridgehead atoms. The molecule has 0 saturated heterocycles. The van der Waals surface area contributed by atoms with E-state index in [-0.39, 0.29) is 5.56 Å². The van der Waals surface area contributed by atoms with Crippen LogP contribution in [0.2, 0.25) is 0 Å². The van der Waals surface area contributed by atoms with Gasteiger partial charge < -0.3 is 9.84 Å². The van der Waals surface area contributed by atoms with Crippen LogP contribution in [0.15, 0.2) is 40.9 Å². The van der Waals surface area contributed by atoms with Gasteiger partial charge in [0.15, 0.2) is 0 Å². The smallest absolute Gasteiger partial charge is 0.143 e. The van der Waals surface area contributed by atoms with Crippen molar-refractivity contribution in [2.24, 2.45) is 0 Å². The summed E-state index contributed by atoms with van der Waals surface area (Å²) < 4.78 is 19.6. The number of aliphatic hydroxyl groups is 1. The van der Waals surface area contributed by atoms with Crippen molar-refractivity contribution in [3.63, 3.8) is 0 Å². The molecule has 0 aliphatic rings. The van der Waals surface area contributed by atoms with E-state index >= 15 is 0 Å². The summed E-state index contributed by atoms with van der Waals surface area (Å²) >= 11 is 3.12. The van der Waals surface area contributed by atoms with Crippen LogP contribution in [-0.2, 0) is 0 Å². The van der Waals surface area contributed by atoms with Crippen molar-refractivity contribution < 1.29 is 14.2 Å². The maximum Gasteiger partial charge on any atom is 0.143 e. The molecule has 0 amide bonds. The Labute approximate surface area is 120 Å². The summed E-state index contributed by atoms with van der Waals surface area (Å²) in [6.45, 7) is 1.91. The summed E-state index contributed by atoms with van der Waals surface area (Å²) in [6.07, 6.45) is -1.06. The molecule has 2 rings (SSSR count). The Bertz CT molecular complexity index is 599. The van der Waals surface area contributed by atoms with Gasteiger partial charge in [-0.3, -0.25) is 0 Å². The van der Waals surface area contributed by atoms with Gasteiger partial charge in [-0.2, -0.15) is 0 Å². The number of halogens is 2. The van der Waals surface area contributed by atoms with E-state index in [2.05, 4.69) is 15.9 Å². The topological polar surface area (TPSA) is 29.5 Å². The lowest BCUT2D eigenvalue weighted by atomic mass is 9.98. The summed E-state index contributed by atoms with van der Waals surface area (Å²) in [7, 11) is 1.53. The molecular weight excluding hydrogens is 311 g/mol. The fraction of sp³-hybridized carbons (Fsp3) is 0.200. The number of hydrogen-bond donors (Lipinski definition) is 1. The SMILES string of the molecule is COc1ccc(C)cc1C(O)c1cccc(Br)c1F. The van der Waals surface area contributed by atoms with Crippen molar-refractivity contribution in [1.82, 2.24) is 0 Å². The van der Waals surface area contributed by atoms with E-state index in [1.54, 1.807) is 30.3 Å². The summed E-state index contributed by atoms with van der Waals surface area (Å²) in [5, 5.41) is 10.4. The molecule has 0 aromatic heterocycles. The highest BCUT2D eigenvalue weighted by molar-refractivity contribution is 9.10. The fourth-order valence-corrected chi connectivity index (χ4v) is 2.35. The number of hydrogen-bond acceptors (Lipinski definition) is 2. The molecule has 2 nitrogen and oxygen atoms in total. The van der Waals surface area contributed by atoms with Crippen molar-refractivity contribution in [2.45, 2.75) is 13.0 Å². The van der Waals surface area contributed by atoms with Crippen LogP contribution in [0.5, 0.6) is 5.75 Å². The molecule has 0 aliphatic heterocycles. The van der Waals surface area contributed by atoms with E-state index in [0.29, 0.717) is 15.8 Å². The molecule has 100 valence electrons. The molecule has 0 aliphatic carbocycles. The molecule has 4 heteroatoms. The lowest BCUT2D eigenvalue weighted by Gasteiger charge is -2.17. The lowest BCUT2D eigenvalue weighted by Crippen LogP contribution is -2.05. The number of methoxy groups -OCH3 is 1. The Hall–Kier alpha value is -1.39. The van der Waals surface area contributed by atoms with E-state index in [1.807, 2.05) is 13.0 Å². The summed E-state index contributed by atoms with van der Waals surface area (Å²) in [4.78, 5) is 0. The molecule has 2 aromatic carbocycles. The molecule has 0 heterocycles. The Morgan fingerprint density at radius 3 is 2.63 bits per heavy atom. The van der Waals surface area contributed by atoms with Crippen LogP contribution >= 0.6 is 15.9 Å². The minimum absolute atomic E-state index is 0.221. The highest BCUT2D eigenvalue weighted by atomic mass is 79.9. The first-order valence-corrected chi connectivity index (χ1v) is 6.60. The zero-order valence-corrected chi connectivity index (χ0v) is 12.2. The van der Waals surface area contributed by atoms with Crippen molar-refractivity contribution in [2.75, 3.05) is 7.11 Å². The van der Waals surface area contributed by atoms with Gasteiger partial charge >= 0.3 is 0 Å². The molecule has 19 heavy (non-hydrogen) atoms. The maximum atomic E-state index is 14.0. The Morgan fingerprint density at radius 2 is 1.95 bits per heavy atom. The van der Waals surface area contributed by atoms with Gasteiger partial charge in [0.25, 0.3) is 0 Å². The van der Waals surface area contributed by atoms with Gasteiger partial charge in [-0.25, -0.2) is 4.39 Å². The van der Waals surface area contributed by atoms with Crippen molar-refractivity contribution in [3.8, 4) is 5.75 Å². The Kier molecular flexibility index (Phi) is 4.22. The fourth-order valence-electron chi connectivity index (χ4n) is 1.97. The second-order valence-corrected chi connectivity index (χ2v) is 5.15. The van der Waals surface area contributed by atoms with Crippen LogP contribution in [0, 0.1) is 12.7 Å². The summed E-state index contributed by atoms with van der Waals surface area (Å²) in [6, 6.07) is 10.3. The number of aryl methyl sites for hydroxylation is 1. The van der Waals surface area contributed by atoms with E-state index < -0.39 is 11.9 Å². The van der Waals surface area contributed by atoms with Gasteiger partial charge in [-0.15, -0.1) is 0 Å². The van der Waals surface area contributed by atoms with Crippen LogP contribution in [0.25, 0.3) is 0 Å². The standard InChI is InChI=1S/C15H14BrFO2/c1-9-6-7-13(19-2)11(8-9)15(18)10-4-3-5-12(16)14(10)17/h3-8,15,18H,1-2H3. The molecular formula is C15H14BrFO2. The molecule has 1 unspecified atom stereocenters. The molecule has 0 radical (unpaired) electrons. The van der Waals surface area contributed by atoms with Gasteiger partial charge in [0, 0.05) is 11.1 Å². The predicted molar refractivity (Wildman–Crippen MR) is 75.9 cm³/mol. The highest BCUT2D eigenvalue weighted by Gasteiger charge is 2.20. The summed E-state index contributed by atoms with van der Waals surface area (Å²) in [5.41, 5.74) is 1.75. The average molecular weight is 325 g/mol. The number of benzene rings is 2. The first-order chi connectivity index (χ1) is 9.04. The van der Waals surface area contributed by atoms with Gasteiger partial charge in [0.05, 0.1) is 11.6 Å². The second kappa shape index (κ2) is 5.72. The number of ether oxygens (including phenoxy) is 1. The van der Waals surface area contributed by atoms with Gasteiger partial charge in [-0.05, 0) is 41.1 Å². The molecule has 1 atom stereocenters. The highest BCUT2D eigenvalue weighted by Crippen LogP contribution is 2.33. The predicted octanol–water partition coefficient (Wildman–Crippen LogP) is 3.99. The van der Waals surface area contributed by atoms with Crippen LogP contribution in [0.1, 0.15) is 22.8 Å². The van der Waals surface area contributed by atoms with Gasteiger partial charge in [-0.1, -0.05) is 23.8 Å². The van der Waals surface area contributed by atoms with E-state index in [0.717, 1.165) is 5.56 Å². The van der Waals surface area contributed by atoms with Gasteiger partial charge in [0.1, 0.15) is 17.7 Å². The van der Waals surface area contributed by atoms with E-state index in [1.165, 1.54) is 7.11 Å². The van der Waals surface area contributed by atoms with Crippen LogP contribution in [-0.4, -0.2) is 12.2 Å². The molecule has 2 aromatic rings. The van der Waals surface area contributed by atoms with Gasteiger partial charge in [0.2, 0.25) is 0 Å². The Morgan fingerprint density at radius 1 is 1.21 bits per heavy atom. The average Bonchev–Trinajstić information content (AvgIpc) is 2.41. The maximum absolute atomic E-state index is 14.0. The molecule has 0 spiro atoms. The van der Waals surface area contributed by atoms with E-state index in [9.17, 15) is 9.50 Å². The van der Waals surface area contributed by atoms with Crippen molar-refractivity contribution in [3.05, 3.63) is 63.4 Å². The van der Waals surface area contributed by atoms with Crippen LogP contribution in [0.3, 0.4) is 0 Å². The normalized spacial score (nSPS) is 12.3. The van der Waals surface area contributed by atoms with Crippen molar-refractivity contribution >= 4 is 15.9 Å². The minimum atomic E-state index is -1.06. The third kappa shape index (κ3) is 2.80. The Balaban J connectivity index is 2.52. The zero-order chi connectivity index (χ0) is 14.0.